The van der Waals surface area contributed by atoms with Crippen LogP contribution in [0.25, 0.3) is 0 Å². The lowest BCUT2D eigenvalue weighted by Crippen LogP contribution is -2.71. The maximum absolute atomic E-state index is 13.6. The van der Waals surface area contributed by atoms with Crippen LogP contribution in [0.5, 0.6) is 0 Å². The van der Waals surface area contributed by atoms with Gasteiger partial charge in [0.1, 0.15) is 6.61 Å². The van der Waals surface area contributed by atoms with Crippen molar-refractivity contribution in [3.63, 3.8) is 0 Å². The maximum Gasteiger partial charge on any atom is 0.248 e. The summed E-state index contributed by atoms with van der Waals surface area (Å²) in [6.45, 7) is 6.73. The average molecular weight is 492 g/mol. The van der Waals surface area contributed by atoms with Crippen LogP contribution in [0.15, 0.2) is 60.7 Å². The monoisotopic (exact) mass is 491 g/mol. The number of piperazine rings is 1. The van der Waals surface area contributed by atoms with Crippen LogP contribution in [-0.4, -0.2) is 78.5 Å². The van der Waals surface area contributed by atoms with Gasteiger partial charge >= 0.3 is 0 Å². The van der Waals surface area contributed by atoms with E-state index in [1.54, 1.807) is 4.90 Å². The molecule has 192 valence electrons. The molecule has 2 aliphatic rings. The Balaban J connectivity index is 1.51. The summed E-state index contributed by atoms with van der Waals surface area (Å²) >= 11 is 0. The zero-order valence-electron chi connectivity index (χ0n) is 21.6. The summed E-state index contributed by atoms with van der Waals surface area (Å²) in [5, 5.41) is 0. The summed E-state index contributed by atoms with van der Waals surface area (Å²) in [6.07, 6.45) is 0.534. The van der Waals surface area contributed by atoms with Gasteiger partial charge in [-0.1, -0.05) is 74.5 Å². The summed E-state index contributed by atoms with van der Waals surface area (Å²) in [4.78, 5) is 45.1. The summed E-state index contributed by atoms with van der Waals surface area (Å²) in [6, 6.07) is 19.8. The van der Waals surface area contributed by atoms with Gasteiger partial charge in [-0.05, 0) is 31.0 Å². The third kappa shape index (κ3) is 5.08. The van der Waals surface area contributed by atoms with Crippen molar-refractivity contribution < 1.29 is 19.1 Å². The van der Waals surface area contributed by atoms with E-state index in [-0.39, 0.29) is 36.7 Å². The fraction of sp³-hybridized carbons (Fsp3) is 0.483. The normalized spacial score (nSPS) is 19.9. The molecule has 2 aromatic rings. The molecule has 2 aliphatic heterocycles. The number of likely N-dealkylation sites (N-methyl/N-ethyl adjacent to an activating group) is 1. The van der Waals surface area contributed by atoms with E-state index in [4.69, 9.17) is 4.74 Å². The first-order valence-corrected chi connectivity index (χ1v) is 13.0. The molecule has 4 rings (SSSR count). The lowest BCUT2D eigenvalue weighted by atomic mass is 9.71. The van der Waals surface area contributed by atoms with Crippen LogP contribution in [0.2, 0.25) is 0 Å². The van der Waals surface area contributed by atoms with E-state index in [0.29, 0.717) is 25.9 Å². The molecule has 1 unspecified atom stereocenters. The highest BCUT2D eigenvalue weighted by molar-refractivity contribution is 6.04. The van der Waals surface area contributed by atoms with Crippen LogP contribution in [0.1, 0.15) is 50.2 Å². The molecule has 2 saturated heterocycles. The van der Waals surface area contributed by atoms with Crippen LogP contribution >= 0.6 is 0 Å². The first-order chi connectivity index (χ1) is 17.4. The highest BCUT2D eigenvalue weighted by Crippen LogP contribution is 2.46. The summed E-state index contributed by atoms with van der Waals surface area (Å²) in [5.74, 6) is -0.748. The van der Waals surface area contributed by atoms with E-state index < -0.39 is 11.6 Å². The first-order valence-electron chi connectivity index (χ1n) is 13.0. The molecule has 1 atom stereocenters. The van der Waals surface area contributed by atoms with E-state index in [2.05, 4.69) is 4.90 Å². The smallest absolute Gasteiger partial charge is 0.248 e. The number of carbonyl (C=O) groups is 3. The van der Waals surface area contributed by atoms with E-state index in [0.717, 1.165) is 24.2 Å². The molecule has 0 bridgehead atoms. The maximum atomic E-state index is 13.6. The second-order valence-corrected chi connectivity index (χ2v) is 9.86. The van der Waals surface area contributed by atoms with Crippen molar-refractivity contribution in [2.75, 3.05) is 39.8 Å². The first kappa shape index (κ1) is 26.0. The van der Waals surface area contributed by atoms with Gasteiger partial charge in [0, 0.05) is 38.5 Å². The molecule has 2 aromatic carbocycles. The minimum atomic E-state index is -0.771. The van der Waals surface area contributed by atoms with Gasteiger partial charge in [0.25, 0.3) is 0 Å². The molecule has 0 aromatic heterocycles. The van der Waals surface area contributed by atoms with Gasteiger partial charge in [-0.25, -0.2) is 0 Å². The number of likely N-dealkylation sites (tertiary alicyclic amines) is 1. The van der Waals surface area contributed by atoms with Crippen molar-refractivity contribution in [2.24, 2.45) is 5.41 Å². The predicted molar refractivity (Wildman–Crippen MR) is 138 cm³/mol. The molecule has 36 heavy (non-hydrogen) atoms. The fourth-order valence-corrected chi connectivity index (χ4v) is 5.38. The zero-order chi connectivity index (χ0) is 25.7. The molecular weight excluding hydrogens is 454 g/mol. The number of hydrogen-bond acceptors (Lipinski definition) is 5. The highest BCUT2D eigenvalue weighted by atomic mass is 16.5. The number of nitrogens with zero attached hydrogens (tertiary/aromatic N) is 3. The molecule has 2 heterocycles. The van der Waals surface area contributed by atoms with Crippen molar-refractivity contribution in [1.82, 2.24) is 14.7 Å². The van der Waals surface area contributed by atoms with Crippen molar-refractivity contribution in [3.05, 3.63) is 71.8 Å². The quantitative estimate of drug-likeness (QED) is 0.502. The standard InChI is InChI=1S/C29H37N3O4/c1-4-29(5-2)27(35)32(28(29)36-21-26(34)31-18-16-30(3)17-19-31)25(33)20-24(22-12-8-6-9-13-22)23-14-10-7-11-15-23/h6-15,24,28H,4-5,16-21H2,1-3H3. The molecular formula is C29H37N3O4. The van der Waals surface area contributed by atoms with Gasteiger partial charge in [-0.2, -0.15) is 0 Å². The number of hydrogen-bond donors (Lipinski definition) is 0. The second-order valence-electron chi connectivity index (χ2n) is 9.86. The average Bonchev–Trinajstić information content (AvgIpc) is 2.91. The van der Waals surface area contributed by atoms with Gasteiger partial charge in [0.15, 0.2) is 6.23 Å². The summed E-state index contributed by atoms with van der Waals surface area (Å²) < 4.78 is 6.09. The van der Waals surface area contributed by atoms with Crippen molar-refractivity contribution >= 4 is 17.7 Å². The molecule has 0 radical (unpaired) electrons. The number of amides is 3. The summed E-state index contributed by atoms with van der Waals surface area (Å²) in [7, 11) is 2.04. The summed E-state index contributed by atoms with van der Waals surface area (Å²) in [5.41, 5.74) is 1.27. The Morgan fingerprint density at radius 1 is 0.889 bits per heavy atom. The van der Waals surface area contributed by atoms with Crippen LogP contribution < -0.4 is 0 Å². The van der Waals surface area contributed by atoms with Gasteiger partial charge < -0.3 is 14.5 Å². The lowest BCUT2D eigenvalue weighted by molar-refractivity contribution is -0.224. The minimum absolute atomic E-state index is 0.0950. The third-order valence-electron chi connectivity index (χ3n) is 7.89. The Morgan fingerprint density at radius 2 is 1.42 bits per heavy atom. The Kier molecular flexibility index (Phi) is 8.21. The number of rotatable bonds is 9. The van der Waals surface area contributed by atoms with E-state index in [1.807, 2.05) is 81.6 Å². The Hall–Kier alpha value is -3.03. The molecule has 0 aliphatic carbocycles. The Labute approximate surface area is 214 Å². The van der Waals surface area contributed by atoms with Crippen molar-refractivity contribution in [2.45, 2.75) is 45.3 Å². The topological polar surface area (TPSA) is 70.2 Å². The molecule has 7 heteroatoms. The molecule has 0 N–H and O–H groups in total. The van der Waals surface area contributed by atoms with Gasteiger partial charge in [0.05, 0.1) is 5.41 Å². The second kappa shape index (κ2) is 11.4. The number of benzene rings is 2. The van der Waals surface area contributed by atoms with E-state index in [9.17, 15) is 14.4 Å². The number of carbonyl (C=O) groups excluding carboxylic acids is 3. The van der Waals surface area contributed by atoms with E-state index in [1.165, 1.54) is 4.90 Å². The van der Waals surface area contributed by atoms with Crippen molar-refractivity contribution in [1.29, 1.82) is 0 Å². The molecule has 0 saturated carbocycles. The van der Waals surface area contributed by atoms with Crippen molar-refractivity contribution in [3.8, 4) is 0 Å². The molecule has 3 amide bonds. The van der Waals surface area contributed by atoms with Crippen LogP contribution in [0.4, 0.5) is 0 Å². The molecule has 0 spiro atoms. The predicted octanol–water partition coefficient (Wildman–Crippen LogP) is 3.50. The number of β-lactam (4-membered cyclic amide) rings is 1. The van der Waals surface area contributed by atoms with Gasteiger partial charge in [-0.3, -0.25) is 19.3 Å². The Bertz CT molecular complexity index is 1010. The van der Waals surface area contributed by atoms with Crippen LogP contribution in [0, 0.1) is 5.41 Å². The fourth-order valence-electron chi connectivity index (χ4n) is 5.38. The largest absolute Gasteiger partial charge is 0.347 e. The van der Waals surface area contributed by atoms with Gasteiger partial charge in [0.2, 0.25) is 17.7 Å². The number of ether oxygens (including phenoxy) is 1. The third-order valence-corrected chi connectivity index (χ3v) is 7.89. The molecule has 7 nitrogen and oxygen atoms in total. The van der Waals surface area contributed by atoms with Crippen LogP contribution in [0.3, 0.4) is 0 Å². The van der Waals surface area contributed by atoms with E-state index >= 15 is 0 Å². The van der Waals surface area contributed by atoms with Gasteiger partial charge in [-0.15, -0.1) is 0 Å². The lowest BCUT2D eigenvalue weighted by Gasteiger charge is -2.54. The zero-order valence-corrected chi connectivity index (χ0v) is 21.6. The minimum Gasteiger partial charge on any atom is -0.347 e. The molecule has 2 fully saturated rings. The SMILES string of the molecule is CCC1(CC)C(=O)N(C(=O)CC(c2ccccc2)c2ccccc2)C1OCC(=O)N1CCN(C)CC1. The highest BCUT2D eigenvalue weighted by Gasteiger charge is 2.61. The Morgan fingerprint density at radius 3 is 1.92 bits per heavy atom. The van der Waals surface area contributed by atoms with Crippen LogP contribution in [-0.2, 0) is 19.1 Å². The number of imide groups is 1.